The van der Waals surface area contributed by atoms with Crippen LogP contribution in [0.2, 0.25) is 0 Å². The van der Waals surface area contributed by atoms with Crippen LogP contribution in [-0.4, -0.2) is 30.8 Å². The fourth-order valence-electron chi connectivity index (χ4n) is 1.41. The van der Waals surface area contributed by atoms with Crippen LogP contribution in [0.25, 0.3) is 0 Å². The third-order valence-corrected chi connectivity index (χ3v) is 4.10. The zero-order chi connectivity index (χ0) is 9.97. The number of rotatable bonds is 1. The molecule has 0 amide bonds. The zero-order valence-electron chi connectivity index (χ0n) is 8.31. The van der Waals surface area contributed by atoms with Crippen molar-refractivity contribution in [3.8, 4) is 0 Å². The Balaban J connectivity index is 2.26. The summed E-state index contributed by atoms with van der Waals surface area (Å²) in [5.74, 6) is 0. The monoisotopic (exact) mass is 255 g/mol. The Bertz CT molecular complexity index is 336. The summed E-state index contributed by atoms with van der Waals surface area (Å²) in [5.41, 5.74) is 1.24. The van der Waals surface area contributed by atoms with E-state index in [-0.39, 0.29) is 6.23 Å². The van der Waals surface area contributed by atoms with E-state index < -0.39 is 0 Å². The predicted molar refractivity (Wildman–Crippen MR) is 58.7 cm³/mol. The van der Waals surface area contributed by atoms with Crippen molar-refractivity contribution >= 4 is 19.6 Å². The maximum atomic E-state index is 5.58. The average molecular weight is 254 g/mol. The summed E-state index contributed by atoms with van der Waals surface area (Å²) >= 11 is 0.341. The molecule has 0 radical (unpaired) electrons. The number of ether oxygens (including phenoxy) is 1. The van der Waals surface area contributed by atoms with Crippen LogP contribution in [0.15, 0.2) is 35.3 Å². The molecule has 1 heterocycles. The first kappa shape index (κ1) is 9.91. The summed E-state index contributed by atoms with van der Waals surface area (Å²) in [5, 5.41) is 0.338. The molecule has 1 aromatic rings. The first-order chi connectivity index (χ1) is 6.75. The van der Waals surface area contributed by atoms with Crippen molar-refractivity contribution in [2.24, 2.45) is 4.99 Å². The zero-order valence-corrected chi connectivity index (χ0v) is 10.0. The van der Waals surface area contributed by atoms with Crippen LogP contribution < -0.4 is 0 Å². The first-order valence-electron chi connectivity index (χ1n) is 4.71. The second-order valence-electron chi connectivity index (χ2n) is 3.22. The van der Waals surface area contributed by atoms with Gasteiger partial charge >= 0.3 is 90.3 Å². The third kappa shape index (κ3) is 2.24. The number of aliphatic imine (C=N–C) groups is 1. The van der Waals surface area contributed by atoms with E-state index in [0.717, 1.165) is 0 Å². The van der Waals surface area contributed by atoms with Gasteiger partial charge in [0.1, 0.15) is 0 Å². The van der Waals surface area contributed by atoms with Crippen LogP contribution in [0.4, 0.5) is 0 Å². The average Bonchev–Trinajstić information content (AvgIpc) is 2.18. The number of hydrogen-bond donors (Lipinski definition) is 0. The van der Waals surface area contributed by atoms with Gasteiger partial charge in [0, 0.05) is 0 Å². The van der Waals surface area contributed by atoms with Gasteiger partial charge in [-0.1, -0.05) is 0 Å². The van der Waals surface area contributed by atoms with Crippen molar-refractivity contribution in [2.75, 3.05) is 0 Å². The molecule has 1 aliphatic heterocycles. The molecule has 0 N–H and O–H groups in total. The van der Waals surface area contributed by atoms with Crippen LogP contribution in [0.1, 0.15) is 19.4 Å². The molecule has 0 aliphatic carbocycles. The van der Waals surface area contributed by atoms with Crippen molar-refractivity contribution in [3.63, 3.8) is 0 Å². The number of nitrogens with zero attached hydrogens (tertiary/aromatic N) is 1. The van der Waals surface area contributed by atoms with E-state index in [9.17, 15) is 0 Å². The summed E-state index contributed by atoms with van der Waals surface area (Å²) in [7, 11) is 0. The SMILES string of the molecule is CC1N=C(c2ccccc2)[Se]C(C)O1. The van der Waals surface area contributed by atoms with Crippen molar-refractivity contribution in [1.29, 1.82) is 0 Å². The van der Waals surface area contributed by atoms with Crippen LogP contribution in [0.3, 0.4) is 0 Å². The quantitative estimate of drug-likeness (QED) is 0.701. The molecule has 0 spiro atoms. The second kappa shape index (κ2) is 4.26. The second-order valence-corrected chi connectivity index (χ2v) is 5.92. The van der Waals surface area contributed by atoms with Gasteiger partial charge in [0.2, 0.25) is 0 Å². The molecular formula is C11H13NOSe. The van der Waals surface area contributed by atoms with Gasteiger partial charge in [-0.05, 0) is 0 Å². The van der Waals surface area contributed by atoms with Crippen molar-refractivity contribution in [1.82, 2.24) is 0 Å². The predicted octanol–water partition coefficient (Wildman–Crippen LogP) is 1.86. The van der Waals surface area contributed by atoms with E-state index in [2.05, 4.69) is 36.2 Å². The molecule has 0 saturated carbocycles. The number of hydrogen-bond acceptors (Lipinski definition) is 2. The summed E-state index contributed by atoms with van der Waals surface area (Å²) in [6, 6.07) is 10.4. The van der Waals surface area contributed by atoms with Crippen LogP contribution in [0.5, 0.6) is 0 Å². The Hall–Kier alpha value is -0.631. The minimum absolute atomic E-state index is 0.0100. The van der Waals surface area contributed by atoms with Crippen molar-refractivity contribution in [3.05, 3.63) is 35.9 Å². The Morgan fingerprint density at radius 3 is 2.57 bits per heavy atom. The molecule has 0 bridgehead atoms. The molecule has 0 fully saturated rings. The molecule has 2 atom stereocenters. The van der Waals surface area contributed by atoms with E-state index >= 15 is 0 Å². The minimum atomic E-state index is 0.0100. The Morgan fingerprint density at radius 1 is 1.21 bits per heavy atom. The molecular weight excluding hydrogens is 241 g/mol. The first-order valence-corrected chi connectivity index (χ1v) is 6.55. The van der Waals surface area contributed by atoms with Gasteiger partial charge in [0.25, 0.3) is 0 Å². The summed E-state index contributed by atoms with van der Waals surface area (Å²) < 4.78 is 6.80. The van der Waals surface area contributed by atoms with Crippen molar-refractivity contribution in [2.45, 2.75) is 25.1 Å². The molecule has 3 heteroatoms. The van der Waals surface area contributed by atoms with Gasteiger partial charge in [-0.15, -0.1) is 0 Å². The van der Waals surface area contributed by atoms with Gasteiger partial charge < -0.3 is 0 Å². The van der Waals surface area contributed by atoms with E-state index in [1.165, 1.54) is 10.2 Å². The molecule has 2 rings (SSSR count). The molecule has 2 nitrogen and oxygen atoms in total. The normalized spacial score (nSPS) is 27.1. The summed E-state index contributed by atoms with van der Waals surface area (Å²) in [6.07, 6.45) is 0.0100. The summed E-state index contributed by atoms with van der Waals surface area (Å²) in [6.45, 7) is 4.11. The van der Waals surface area contributed by atoms with Gasteiger partial charge in [-0.2, -0.15) is 0 Å². The van der Waals surface area contributed by atoms with Crippen LogP contribution in [-0.2, 0) is 4.74 Å². The van der Waals surface area contributed by atoms with E-state index in [4.69, 9.17) is 4.74 Å². The Morgan fingerprint density at radius 2 is 1.93 bits per heavy atom. The molecule has 2 unspecified atom stereocenters. The van der Waals surface area contributed by atoms with E-state index in [1.54, 1.807) is 0 Å². The standard InChI is InChI=1S/C11H13NOSe/c1-8-12-11(14-9(2)13-8)10-6-4-3-5-7-10/h3-9H,1-2H3. The van der Waals surface area contributed by atoms with Gasteiger partial charge in [-0.25, -0.2) is 0 Å². The van der Waals surface area contributed by atoms with Crippen LogP contribution >= 0.6 is 0 Å². The molecule has 1 aromatic carbocycles. The van der Waals surface area contributed by atoms with Crippen LogP contribution in [0, 0.1) is 0 Å². The van der Waals surface area contributed by atoms with Gasteiger partial charge in [0.05, 0.1) is 0 Å². The van der Waals surface area contributed by atoms with Crippen molar-refractivity contribution < 1.29 is 4.74 Å². The topological polar surface area (TPSA) is 21.6 Å². The maximum absolute atomic E-state index is 5.58. The van der Waals surface area contributed by atoms with Gasteiger partial charge in [-0.3, -0.25) is 0 Å². The molecule has 14 heavy (non-hydrogen) atoms. The molecule has 0 saturated heterocycles. The third-order valence-electron chi connectivity index (χ3n) is 1.99. The molecule has 74 valence electrons. The molecule has 1 aliphatic rings. The van der Waals surface area contributed by atoms with E-state index in [1.807, 2.05) is 13.0 Å². The summed E-state index contributed by atoms with van der Waals surface area (Å²) in [4.78, 5) is 4.53. The van der Waals surface area contributed by atoms with E-state index in [0.29, 0.717) is 20.0 Å². The molecule has 0 aromatic heterocycles. The fourth-order valence-corrected chi connectivity index (χ4v) is 3.54. The number of benzene rings is 1. The Labute approximate surface area is 90.5 Å². The fraction of sp³-hybridized carbons (Fsp3) is 0.364. The van der Waals surface area contributed by atoms with Gasteiger partial charge in [0.15, 0.2) is 0 Å². The Kier molecular flexibility index (Phi) is 3.02.